The van der Waals surface area contributed by atoms with Crippen molar-refractivity contribution in [3.63, 3.8) is 0 Å². The van der Waals surface area contributed by atoms with Crippen molar-refractivity contribution in [2.75, 3.05) is 5.32 Å². The zero-order chi connectivity index (χ0) is 13.1. The van der Waals surface area contributed by atoms with Gasteiger partial charge >= 0.3 is 0 Å². The summed E-state index contributed by atoms with van der Waals surface area (Å²) >= 11 is 5.77. The molecule has 0 bridgehead atoms. The summed E-state index contributed by atoms with van der Waals surface area (Å²) in [5.41, 5.74) is 4.83. The fraction of sp³-hybridized carbons (Fsp3) is 0.267. The molecule has 1 aromatic carbocycles. The van der Waals surface area contributed by atoms with Crippen LogP contribution in [0.3, 0.4) is 0 Å². The van der Waals surface area contributed by atoms with Gasteiger partial charge in [-0.3, -0.25) is 0 Å². The summed E-state index contributed by atoms with van der Waals surface area (Å²) < 4.78 is 0. The summed E-state index contributed by atoms with van der Waals surface area (Å²) in [4.78, 5) is 4.06. The number of benzene rings is 1. The van der Waals surface area contributed by atoms with Crippen LogP contribution in [0.4, 0.5) is 5.69 Å². The Morgan fingerprint density at radius 3 is 2.33 bits per heavy atom. The largest absolute Gasteiger partial charge is 0.377 e. The molecule has 2 rings (SSSR count). The Morgan fingerprint density at radius 1 is 1.11 bits per heavy atom. The number of anilines is 1. The first kappa shape index (κ1) is 12.9. The maximum atomic E-state index is 5.77. The number of aryl methyl sites for hydroxylation is 2. The average Bonchev–Trinajstić information content (AvgIpc) is 2.31. The van der Waals surface area contributed by atoms with E-state index in [1.165, 1.54) is 16.7 Å². The molecule has 1 atom stereocenters. The van der Waals surface area contributed by atoms with Crippen molar-refractivity contribution in [2.24, 2.45) is 0 Å². The highest BCUT2D eigenvalue weighted by atomic mass is 35.5. The van der Waals surface area contributed by atoms with Crippen molar-refractivity contribution in [1.82, 2.24) is 4.98 Å². The van der Waals surface area contributed by atoms with Gasteiger partial charge in [0.2, 0.25) is 0 Å². The minimum atomic E-state index is 0.242. The third-order valence-electron chi connectivity index (χ3n) is 2.85. The highest BCUT2D eigenvalue weighted by molar-refractivity contribution is 6.29. The van der Waals surface area contributed by atoms with Crippen LogP contribution < -0.4 is 5.32 Å². The number of halogens is 1. The van der Waals surface area contributed by atoms with Gasteiger partial charge in [-0.15, -0.1) is 0 Å². The molecule has 0 radical (unpaired) electrons. The van der Waals surface area contributed by atoms with Gasteiger partial charge in [0.25, 0.3) is 0 Å². The molecule has 0 spiro atoms. The summed E-state index contributed by atoms with van der Waals surface area (Å²) in [7, 11) is 0. The first-order chi connectivity index (χ1) is 8.54. The zero-order valence-electron chi connectivity index (χ0n) is 10.9. The lowest BCUT2D eigenvalue weighted by Gasteiger charge is -2.16. The molecule has 2 nitrogen and oxygen atoms in total. The molecule has 1 aromatic heterocycles. The van der Waals surface area contributed by atoms with E-state index in [0.29, 0.717) is 5.15 Å². The Labute approximate surface area is 113 Å². The van der Waals surface area contributed by atoms with Crippen LogP contribution in [0.15, 0.2) is 36.5 Å². The highest BCUT2D eigenvalue weighted by Crippen LogP contribution is 2.21. The lowest BCUT2D eigenvalue weighted by molar-refractivity contribution is 0.879. The Hall–Kier alpha value is -1.54. The van der Waals surface area contributed by atoms with Crippen LogP contribution in [0.1, 0.15) is 29.7 Å². The van der Waals surface area contributed by atoms with E-state index in [0.717, 1.165) is 5.69 Å². The molecule has 94 valence electrons. The minimum absolute atomic E-state index is 0.242. The first-order valence-corrected chi connectivity index (χ1v) is 6.38. The lowest BCUT2D eigenvalue weighted by atomic mass is 10.0. The minimum Gasteiger partial charge on any atom is -0.377 e. The topological polar surface area (TPSA) is 24.9 Å². The summed E-state index contributed by atoms with van der Waals surface area (Å²) in [5, 5.41) is 3.93. The second-order valence-electron chi connectivity index (χ2n) is 4.66. The molecule has 0 fully saturated rings. The second-order valence-corrected chi connectivity index (χ2v) is 5.04. The van der Waals surface area contributed by atoms with E-state index in [1.54, 1.807) is 12.3 Å². The van der Waals surface area contributed by atoms with E-state index < -0.39 is 0 Å². The Morgan fingerprint density at radius 2 is 1.78 bits per heavy atom. The normalized spacial score (nSPS) is 12.2. The summed E-state index contributed by atoms with van der Waals surface area (Å²) in [6.07, 6.45) is 1.75. The smallest absolute Gasteiger partial charge is 0.129 e. The van der Waals surface area contributed by atoms with Gasteiger partial charge < -0.3 is 5.32 Å². The van der Waals surface area contributed by atoms with Crippen LogP contribution in [-0.2, 0) is 0 Å². The average molecular weight is 261 g/mol. The number of hydrogen-bond donors (Lipinski definition) is 1. The summed E-state index contributed by atoms with van der Waals surface area (Å²) in [6, 6.07) is 10.6. The monoisotopic (exact) mass is 260 g/mol. The number of nitrogens with zero attached hydrogens (tertiary/aromatic N) is 1. The lowest BCUT2D eigenvalue weighted by Crippen LogP contribution is -2.07. The number of nitrogens with one attached hydrogen (secondary N) is 1. The Balaban J connectivity index is 2.16. The summed E-state index contributed by atoms with van der Waals surface area (Å²) in [6.45, 7) is 6.38. The van der Waals surface area contributed by atoms with Gasteiger partial charge in [-0.2, -0.15) is 0 Å². The van der Waals surface area contributed by atoms with E-state index in [2.05, 4.69) is 49.3 Å². The molecule has 0 saturated carbocycles. The third-order valence-corrected chi connectivity index (χ3v) is 3.08. The molecule has 1 heterocycles. The molecule has 0 aliphatic heterocycles. The Bertz CT molecular complexity index is 514. The zero-order valence-corrected chi connectivity index (χ0v) is 11.6. The second kappa shape index (κ2) is 5.40. The van der Waals surface area contributed by atoms with Crippen molar-refractivity contribution >= 4 is 17.3 Å². The van der Waals surface area contributed by atoms with Gasteiger partial charge in [-0.1, -0.05) is 40.9 Å². The van der Waals surface area contributed by atoms with Crippen LogP contribution in [0.5, 0.6) is 0 Å². The molecular formula is C15H17ClN2. The standard InChI is InChI=1S/C15H17ClN2/c1-10-6-11(2)8-13(7-10)12(3)18-14-4-5-15(16)17-9-14/h4-9,12,18H,1-3H3. The molecular weight excluding hydrogens is 244 g/mol. The van der Waals surface area contributed by atoms with Gasteiger partial charge in [0.15, 0.2) is 0 Å². The van der Waals surface area contributed by atoms with Crippen molar-refractivity contribution < 1.29 is 0 Å². The number of rotatable bonds is 3. The predicted molar refractivity (Wildman–Crippen MR) is 77.2 cm³/mol. The predicted octanol–water partition coefficient (Wildman–Crippen LogP) is 4.52. The molecule has 3 heteroatoms. The Kier molecular flexibility index (Phi) is 3.87. The maximum absolute atomic E-state index is 5.77. The molecule has 2 aromatic rings. The molecule has 1 N–H and O–H groups in total. The van der Waals surface area contributed by atoms with E-state index in [4.69, 9.17) is 11.6 Å². The van der Waals surface area contributed by atoms with Gasteiger partial charge in [-0.05, 0) is 38.5 Å². The van der Waals surface area contributed by atoms with Crippen molar-refractivity contribution in [1.29, 1.82) is 0 Å². The molecule has 1 unspecified atom stereocenters. The van der Waals surface area contributed by atoms with Crippen LogP contribution >= 0.6 is 11.6 Å². The van der Waals surface area contributed by atoms with Gasteiger partial charge in [-0.25, -0.2) is 4.98 Å². The number of aromatic nitrogens is 1. The molecule has 0 aliphatic carbocycles. The highest BCUT2D eigenvalue weighted by Gasteiger charge is 2.06. The van der Waals surface area contributed by atoms with Crippen molar-refractivity contribution in [2.45, 2.75) is 26.8 Å². The SMILES string of the molecule is Cc1cc(C)cc(C(C)Nc2ccc(Cl)nc2)c1. The fourth-order valence-electron chi connectivity index (χ4n) is 2.05. The van der Waals surface area contributed by atoms with Crippen LogP contribution in [-0.4, -0.2) is 4.98 Å². The molecule has 0 amide bonds. The van der Waals surface area contributed by atoms with Crippen LogP contribution in [0.2, 0.25) is 5.15 Å². The first-order valence-electron chi connectivity index (χ1n) is 6.01. The van der Waals surface area contributed by atoms with Gasteiger partial charge in [0.05, 0.1) is 11.9 Å². The maximum Gasteiger partial charge on any atom is 0.129 e. The third kappa shape index (κ3) is 3.23. The molecule has 18 heavy (non-hydrogen) atoms. The van der Waals surface area contributed by atoms with Crippen LogP contribution in [0.25, 0.3) is 0 Å². The van der Waals surface area contributed by atoms with Gasteiger partial charge in [0, 0.05) is 6.04 Å². The quantitative estimate of drug-likeness (QED) is 0.821. The molecule has 0 saturated heterocycles. The fourth-order valence-corrected chi connectivity index (χ4v) is 2.17. The molecule has 0 aliphatic rings. The van der Waals surface area contributed by atoms with Crippen molar-refractivity contribution in [3.8, 4) is 0 Å². The number of hydrogen-bond acceptors (Lipinski definition) is 2. The van der Waals surface area contributed by atoms with E-state index in [1.807, 2.05) is 6.07 Å². The van der Waals surface area contributed by atoms with E-state index in [9.17, 15) is 0 Å². The van der Waals surface area contributed by atoms with E-state index in [-0.39, 0.29) is 6.04 Å². The van der Waals surface area contributed by atoms with Crippen molar-refractivity contribution in [3.05, 3.63) is 58.4 Å². The van der Waals surface area contributed by atoms with Gasteiger partial charge in [0.1, 0.15) is 5.15 Å². The number of pyridine rings is 1. The van der Waals surface area contributed by atoms with Crippen LogP contribution in [0, 0.1) is 13.8 Å². The summed E-state index contributed by atoms with van der Waals surface area (Å²) in [5.74, 6) is 0. The van der Waals surface area contributed by atoms with E-state index >= 15 is 0 Å².